The monoisotopic (exact) mass is 1110 g/mol. The van der Waals surface area contributed by atoms with Gasteiger partial charge in [0.05, 0.1) is 32.0 Å². The predicted octanol–water partition coefficient (Wildman–Crippen LogP) is 11.3. The van der Waals surface area contributed by atoms with Crippen LogP contribution in [-0.2, 0) is 23.7 Å². The number of unbranched alkanes of at least 4 members (excludes halogenated alkanes) is 29. The highest BCUT2D eigenvalue weighted by Crippen LogP contribution is 2.30. The highest BCUT2D eigenvalue weighted by atomic mass is 16.7. The third-order valence-corrected chi connectivity index (χ3v) is 15.2. The Morgan fingerprint density at radius 1 is 0.474 bits per heavy atom. The van der Waals surface area contributed by atoms with Gasteiger partial charge in [-0.3, -0.25) is 4.79 Å². The van der Waals surface area contributed by atoms with E-state index in [0.29, 0.717) is 6.42 Å². The van der Waals surface area contributed by atoms with Gasteiger partial charge in [-0.25, -0.2) is 0 Å². The summed E-state index contributed by atoms with van der Waals surface area (Å²) in [5.74, 6) is -0.248. The molecule has 12 unspecified atom stereocenters. The van der Waals surface area contributed by atoms with Crippen LogP contribution >= 0.6 is 0 Å². The fourth-order valence-corrected chi connectivity index (χ4v) is 10.2. The summed E-state index contributed by atoms with van der Waals surface area (Å²) in [7, 11) is 0. The van der Waals surface area contributed by atoms with Crippen molar-refractivity contribution in [1.29, 1.82) is 0 Å². The van der Waals surface area contributed by atoms with E-state index in [1.807, 2.05) is 6.08 Å². The number of carbonyl (C=O) groups is 1. The second-order valence-electron chi connectivity index (χ2n) is 22.2. The lowest BCUT2D eigenvalue weighted by molar-refractivity contribution is -0.359. The molecule has 0 aromatic carbocycles. The molecule has 12 atom stereocenters. The standard InChI is InChI=1S/C64H115NO13/c1-3-5-7-9-11-13-15-17-19-21-23-25-26-28-29-31-33-35-37-39-41-43-45-47-53(68)52(51-75-63-61(74)59(72)62(55(50-67)77-63)78-64-60(73)58(71)57(70)54(49-66)76-64)65-56(69)48-46-44-42-40-38-36-34-32-30-27-24-22-20-18-16-14-12-10-8-6-4-2/h6,8,12,14,18,20,24,27,45,47,52-55,57-64,66-68,70-74H,3-5,7,9-11,13,15-17,19,21-23,25-26,28-44,46,48-51H2,1-2H3,(H,65,69)/b8-6-,14-12-,20-18-,27-24-,47-45+. The molecule has 0 aromatic rings. The largest absolute Gasteiger partial charge is 0.394 e. The summed E-state index contributed by atoms with van der Waals surface area (Å²) in [5.41, 5.74) is 0. The number of rotatable bonds is 50. The predicted molar refractivity (Wildman–Crippen MR) is 314 cm³/mol. The van der Waals surface area contributed by atoms with Crippen LogP contribution in [0.15, 0.2) is 60.8 Å². The van der Waals surface area contributed by atoms with Crippen LogP contribution in [0.1, 0.15) is 245 Å². The number of aliphatic hydroxyl groups excluding tert-OH is 8. The number of hydrogen-bond acceptors (Lipinski definition) is 13. The summed E-state index contributed by atoms with van der Waals surface area (Å²) in [6.07, 6.45) is 46.8. The first-order valence-electron chi connectivity index (χ1n) is 31.5. The lowest BCUT2D eigenvalue weighted by atomic mass is 9.97. The number of ether oxygens (including phenoxy) is 4. The molecule has 0 aliphatic carbocycles. The molecule has 2 saturated heterocycles. The molecule has 0 saturated carbocycles. The van der Waals surface area contributed by atoms with Crippen LogP contribution < -0.4 is 5.32 Å². The fourth-order valence-electron chi connectivity index (χ4n) is 10.2. The van der Waals surface area contributed by atoms with Crippen LogP contribution in [0.4, 0.5) is 0 Å². The molecule has 1 amide bonds. The molecule has 454 valence electrons. The quantitative estimate of drug-likeness (QED) is 0.0204. The van der Waals surface area contributed by atoms with Gasteiger partial charge in [0.2, 0.25) is 5.91 Å². The molecule has 9 N–H and O–H groups in total. The molecule has 78 heavy (non-hydrogen) atoms. The van der Waals surface area contributed by atoms with E-state index >= 15 is 0 Å². The zero-order valence-corrected chi connectivity index (χ0v) is 48.9. The van der Waals surface area contributed by atoms with E-state index in [1.54, 1.807) is 6.08 Å². The van der Waals surface area contributed by atoms with E-state index in [1.165, 1.54) is 148 Å². The van der Waals surface area contributed by atoms with Crippen LogP contribution in [0.25, 0.3) is 0 Å². The SMILES string of the molecule is CC/C=C\C/C=C\C/C=C\C/C=C\CCCCCCCCCCC(=O)NC(COC1OC(CO)C(OC2OC(CO)C(O)C(O)C2O)C(O)C1O)C(O)/C=C/CCCCCCCCCCCCCCCCCCCCCCC. The summed E-state index contributed by atoms with van der Waals surface area (Å²) in [4.78, 5) is 13.3. The van der Waals surface area contributed by atoms with Gasteiger partial charge in [-0.1, -0.05) is 242 Å². The summed E-state index contributed by atoms with van der Waals surface area (Å²) in [6.45, 7) is 2.70. The first-order chi connectivity index (χ1) is 38.1. The number of allylic oxidation sites excluding steroid dienone is 9. The third-order valence-electron chi connectivity index (χ3n) is 15.2. The van der Waals surface area contributed by atoms with Crippen molar-refractivity contribution in [2.75, 3.05) is 19.8 Å². The molecule has 2 rings (SSSR count). The molecule has 2 aliphatic heterocycles. The van der Waals surface area contributed by atoms with Crippen molar-refractivity contribution in [3.8, 4) is 0 Å². The van der Waals surface area contributed by atoms with E-state index in [0.717, 1.165) is 70.6 Å². The fraction of sp³-hybridized carbons (Fsp3) is 0.828. The molecule has 2 fully saturated rings. The van der Waals surface area contributed by atoms with Crippen LogP contribution in [-0.4, -0.2) is 140 Å². The smallest absolute Gasteiger partial charge is 0.220 e. The maximum atomic E-state index is 13.3. The van der Waals surface area contributed by atoms with Gasteiger partial charge < -0.3 is 65.1 Å². The molecule has 0 bridgehead atoms. The number of nitrogens with one attached hydrogen (secondary N) is 1. The van der Waals surface area contributed by atoms with Crippen molar-refractivity contribution in [1.82, 2.24) is 5.32 Å². The molecule has 2 aliphatic rings. The summed E-state index contributed by atoms with van der Waals surface area (Å²) in [5, 5.41) is 87.2. The Balaban J connectivity index is 1.75. The van der Waals surface area contributed by atoms with Crippen LogP contribution in [0.2, 0.25) is 0 Å². The van der Waals surface area contributed by atoms with Crippen molar-refractivity contribution < 1.29 is 64.6 Å². The first kappa shape index (κ1) is 71.8. The number of carbonyl (C=O) groups excluding carboxylic acids is 1. The van der Waals surface area contributed by atoms with Gasteiger partial charge in [0.15, 0.2) is 12.6 Å². The van der Waals surface area contributed by atoms with Crippen molar-refractivity contribution in [2.24, 2.45) is 0 Å². The zero-order chi connectivity index (χ0) is 56.7. The Bertz CT molecular complexity index is 1540. The van der Waals surface area contributed by atoms with E-state index in [2.05, 4.69) is 67.8 Å². The van der Waals surface area contributed by atoms with E-state index in [9.17, 15) is 45.6 Å². The van der Waals surface area contributed by atoms with E-state index in [-0.39, 0.29) is 18.9 Å². The van der Waals surface area contributed by atoms with Gasteiger partial charge in [-0.15, -0.1) is 0 Å². The Labute approximate surface area is 473 Å². The average molecular weight is 1110 g/mol. The number of hydrogen-bond donors (Lipinski definition) is 9. The lowest BCUT2D eigenvalue weighted by Crippen LogP contribution is -2.65. The minimum Gasteiger partial charge on any atom is -0.394 e. The number of aliphatic hydroxyl groups is 8. The minimum absolute atomic E-state index is 0.248. The van der Waals surface area contributed by atoms with Crippen molar-refractivity contribution in [3.05, 3.63) is 60.8 Å². The summed E-state index contributed by atoms with van der Waals surface area (Å²) in [6, 6.07) is -0.922. The number of amides is 1. The van der Waals surface area contributed by atoms with Gasteiger partial charge in [0, 0.05) is 6.42 Å². The second-order valence-corrected chi connectivity index (χ2v) is 22.2. The maximum Gasteiger partial charge on any atom is 0.220 e. The molecule has 0 radical (unpaired) electrons. The van der Waals surface area contributed by atoms with Crippen LogP contribution in [0, 0.1) is 0 Å². The molecule has 2 heterocycles. The Hall–Kier alpha value is -2.31. The molecular formula is C64H115NO13. The van der Waals surface area contributed by atoms with Gasteiger partial charge in [0.1, 0.15) is 48.8 Å². The van der Waals surface area contributed by atoms with E-state index in [4.69, 9.17) is 18.9 Å². The highest BCUT2D eigenvalue weighted by molar-refractivity contribution is 5.76. The zero-order valence-electron chi connectivity index (χ0n) is 48.9. The van der Waals surface area contributed by atoms with Gasteiger partial charge >= 0.3 is 0 Å². The Morgan fingerprint density at radius 3 is 1.36 bits per heavy atom. The van der Waals surface area contributed by atoms with Gasteiger partial charge in [-0.2, -0.15) is 0 Å². The van der Waals surface area contributed by atoms with E-state index < -0.39 is 86.8 Å². The maximum absolute atomic E-state index is 13.3. The van der Waals surface area contributed by atoms with Crippen molar-refractivity contribution in [3.63, 3.8) is 0 Å². The minimum atomic E-state index is -1.79. The third kappa shape index (κ3) is 34.2. The summed E-state index contributed by atoms with van der Waals surface area (Å²) < 4.78 is 22.8. The molecule has 14 heteroatoms. The Morgan fingerprint density at radius 2 is 0.885 bits per heavy atom. The lowest BCUT2D eigenvalue weighted by Gasteiger charge is -2.46. The Kier molecular flexibility index (Phi) is 45.4. The molecule has 0 spiro atoms. The normalized spacial score (nSPS) is 24.9. The highest BCUT2D eigenvalue weighted by Gasteiger charge is 2.51. The second kappa shape index (κ2) is 49.3. The molecule has 0 aromatic heterocycles. The van der Waals surface area contributed by atoms with Gasteiger partial charge in [-0.05, 0) is 57.8 Å². The average Bonchev–Trinajstić information content (AvgIpc) is 3.48. The van der Waals surface area contributed by atoms with Crippen molar-refractivity contribution >= 4 is 5.91 Å². The van der Waals surface area contributed by atoms with Crippen LogP contribution in [0.3, 0.4) is 0 Å². The van der Waals surface area contributed by atoms with Crippen LogP contribution in [0.5, 0.6) is 0 Å². The van der Waals surface area contributed by atoms with Crippen molar-refractivity contribution in [2.45, 2.75) is 319 Å². The topological polar surface area (TPSA) is 228 Å². The summed E-state index contributed by atoms with van der Waals surface area (Å²) >= 11 is 0. The molecular weight excluding hydrogens is 991 g/mol. The first-order valence-corrected chi connectivity index (χ1v) is 31.5. The van der Waals surface area contributed by atoms with Gasteiger partial charge in [0.25, 0.3) is 0 Å². The molecule has 14 nitrogen and oxygen atoms in total.